The quantitative estimate of drug-likeness (QED) is 0.149. The van der Waals surface area contributed by atoms with Crippen LogP contribution >= 0.6 is 24.8 Å². The van der Waals surface area contributed by atoms with Crippen LogP contribution in [-0.4, -0.2) is 6.88 Å². The first-order valence-corrected chi connectivity index (χ1v) is 31.1. The molecular weight excluding hydrogens is 707 g/mol. The molecule has 248 valence electrons. The van der Waals surface area contributed by atoms with Gasteiger partial charge in [0.25, 0.3) is 0 Å². The molecule has 2 aliphatic carbocycles. The topological polar surface area (TPSA) is 0 Å². The number of halogens is 2. The molecule has 47 heavy (non-hydrogen) atoms. The van der Waals surface area contributed by atoms with Crippen LogP contribution in [0.25, 0.3) is 34.4 Å². The molecule has 2 unspecified atom stereocenters. The van der Waals surface area contributed by atoms with Gasteiger partial charge in [0.2, 0.25) is 0 Å². The molecule has 0 saturated carbocycles. The maximum atomic E-state index is 2.78. The van der Waals surface area contributed by atoms with Gasteiger partial charge in [-0.3, -0.25) is 0 Å². The number of fused-ring (bicyclic) bond motifs is 2. The Kier molecular flexibility index (Phi) is 11.7. The van der Waals surface area contributed by atoms with Crippen LogP contribution < -0.4 is 0 Å². The molecule has 0 amide bonds. The van der Waals surface area contributed by atoms with Crippen molar-refractivity contribution >= 4 is 43.8 Å². The summed E-state index contributed by atoms with van der Waals surface area (Å²) in [5.41, 5.74) is 20.6. The Morgan fingerprint density at radius 1 is 0.596 bits per heavy atom. The van der Waals surface area contributed by atoms with Crippen molar-refractivity contribution in [3.63, 3.8) is 0 Å². The van der Waals surface area contributed by atoms with Gasteiger partial charge in [-0.15, -0.1) is 24.8 Å². The number of hydrogen-bond donors (Lipinski definition) is 0. The Labute approximate surface area is 299 Å². The van der Waals surface area contributed by atoms with Crippen LogP contribution in [0.4, 0.5) is 0 Å². The second kappa shape index (κ2) is 14.5. The smallest absolute Gasteiger partial charge is 0.147 e. The minimum absolute atomic E-state index is 0. The molecule has 0 saturated heterocycles. The van der Waals surface area contributed by atoms with Crippen molar-refractivity contribution in [2.24, 2.45) is 0 Å². The molecule has 4 heteroatoms. The summed E-state index contributed by atoms with van der Waals surface area (Å²) in [5, 5.41) is 0. The van der Waals surface area contributed by atoms with Crippen molar-refractivity contribution in [1.29, 1.82) is 0 Å². The molecule has 2 atom stereocenters. The van der Waals surface area contributed by atoms with Gasteiger partial charge < -0.3 is 0 Å². The van der Waals surface area contributed by atoms with Crippen molar-refractivity contribution in [3.05, 3.63) is 128 Å². The normalized spacial score (nSPS) is 16.9. The Balaban J connectivity index is 0.00000250. The van der Waals surface area contributed by atoms with Gasteiger partial charge in [-0.1, -0.05) is 0 Å². The fourth-order valence-corrected chi connectivity index (χ4v) is 29.7. The van der Waals surface area contributed by atoms with E-state index in [0.717, 1.165) is 19.3 Å². The zero-order valence-electron chi connectivity index (χ0n) is 29.8. The van der Waals surface area contributed by atoms with E-state index in [-0.39, 0.29) is 24.8 Å². The van der Waals surface area contributed by atoms with Gasteiger partial charge in [-0.05, 0) is 0 Å². The molecule has 0 N–H and O–H groups in total. The molecule has 0 aromatic heterocycles. The van der Waals surface area contributed by atoms with E-state index < -0.39 is 17.4 Å². The van der Waals surface area contributed by atoms with Gasteiger partial charge in [-0.2, -0.15) is 0 Å². The zero-order chi connectivity index (χ0) is 32.1. The number of hydrogen-bond acceptors (Lipinski definition) is 0. The van der Waals surface area contributed by atoms with Crippen molar-refractivity contribution in [3.8, 4) is 22.3 Å². The van der Waals surface area contributed by atoms with Crippen molar-refractivity contribution in [1.82, 2.24) is 0 Å². The summed E-state index contributed by atoms with van der Waals surface area (Å²) in [4.78, 5) is 0. The van der Waals surface area contributed by atoms with Crippen LogP contribution in [-0.2, 0) is 30.2 Å². The largest absolute Gasteiger partial charge is 0.147 e. The average molecular weight is 761 g/mol. The van der Waals surface area contributed by atoms with E-state index in [2.05, 4.69) is 143 Å². The maximum Gasteiger partial charge on any atom is -0.147 e. The zero-order valence-corrected chi connectivity index (χ0v) is 35.3. The van der Waals surface area contributed by atoms with E-state index in [1.54, 1.807) is 22.3 Å². The Hall–Kier alpha value is -1.96. The second-order valence-electron chi connectivity index (χ2n) is 15.3. The van der Waals surface area contributed by atoms with Gasteiger partial charge in [0, 0.05) is 0 Å². The van der Waals surface area contributed by atoms with E-state index in [1.165, 1.54) is 68.5 Å². The Bertz CT molecular complexity index is 1910. The van der Waals surface area contributed by atoms with Crippen molar-refractivity contribution in [2.75, 3.05) is 0 Å². The average Bonchev–Trinajstić information content (AvgIpc) is 3.55. The van der Waals surface area contributed by atoms with Gasteiger partial charge >= 0.3 is 277 Å². The summed E-state index contributed by atoms with van der Waals surface area (Å²) in [7, 11) is 0. The SMILES string of the molecule is CCCc1ccc(-c2cc(C)cc3c2C=C(C)[CH]3[Zr]([CH3])([CH3])(=[SiH2])[CH]2C(CC)=Cc3c(-c4ccc(CCC)cc4)cc(C)cc32)cc1.Cl.Cl. The monoisotopic (exact) mass is 758 g/mol. The first-order chi connectivity index (χ1) is 21.4. The predicted octanol–water partition coefficient (Wildman–Crippen LogP) is 12.7. The number of benzene rings is 4. The third-order valence-electron chi connectivity index (χ3n) is 10.8. The molecule has 0 spiro atoms. The van der Waals surface area contributed by atoms with E-state index in [4.69, 9.17) is 0 Å². The number of rotatable bonds is 9. The fraction of sp³-hybridized carbons (Fsp3) is 0.349. The van der Waals surface area contributed by atoms with Gasteiger partial charge in [0.05, 0.1) is 0 Å². The summed E-state index contributed by atoms with van der Waals surface area (Å²) in [6.07, 6.45) is 11.0. The molecule has 0 aliphatic heterocycles. The molecule has 0 fully saturated rings. The van der Waals surface area contributed by atoms with Gasteiger partial charge in [0.1, 0.15) is 0 Å². The maximum absolute atomic E-state index is 3.64. The van der Waals surface area contributed by atoms with Crippen LogP contribution in [0.15, 0.2) is 83.9 Å². The summed E-state index contributed by atoms with van der Waals surface area (Å²) in [6, 6.07) is 28.8. The third kappa shape index (κ3) is 6.92. The van der Waals surface area contributed by atoms with E-state index in [0.29, 0.717) is 7.25 Å². The first-order valence-electron chi connectivity index (χ1n) is 17.4. The standard InChI is InChI=1S/C21H23.C20H21.2CH3.2ClH.H2Si.Zr/c1-4-6-17-7-9-18(10-8-17)20-12-15(3)11-19-13-16(5-2)14-21(19)20;1-4-5-16-6-8-17(9-7-16)19-12-14(2)10-18-11-15(3)13-20(18)19;;;;;;/h7-14H,4-6H2,1-3H3;6-13H,4-5H2,1-3H3;2*1H3;2*1H;1H2;. The Morgan fingerprint density at radius 2 is 1.02 bits per heavy atom. The first kappa shape index (κ1) is 37.9. The van der Waals surface area contributed by atoms with Crippen LogP contribution in [0.3, 0.4) is 0 Å². The molecule has 6 rings (SSSR count). The molecule has 0 heterocycles. The molecule has 0 nitrogen and oxygen atoms in total. The summed E-state index contributed by atoms with van der Waals surface area (Å²) < 4.78 is 6.63. The van der Waals surface area contributed by atoms with Crippen LogP contribution in [0.5, 0.6) is 0 Å². The summed E-state index contributed by atoms with van der Waals surface area (Å²) in [6.45, 7) is 16.4. The van der Waals surface area contributed by atoms with Gasteiger partial charge in [0.15, 0.2) is 0 Å². The van der Waals surface area contributed by atoms with E-state index >= 15 is 0 Å². The summed E-state index contributed by atoms with van der Waals surface area (Å²) in [5.74, 6) is 0. The molecule has 2 aliphatic rings. The van der Waals surface area contributed by atoms with Crippen LogP contribution in [0, 0.1) is 13.8 Å². The molecule has 4 aromatic rings. The van der Waals surface area contributed by atoms with Crippen molar-refractivity contribution < 1.29 is 17.4 Å². The molecule has 4 aromatic carbocycles. The van der Waals surface area contributed by atoms with E-state index in [9.17, 15) is 0 Å². The minimum Gasteiger partial charge on any atom is -0.147 e. The predicted molar refractivity (Wildman–Crippen MR) is 213 cm³/mol. The van der Waals surface area contributed by atoms with Crippen LogP contribution in [0.1, 0.15) is 98.7 Å². The molecular formula is C43H54Cl2SiZr. The Morgan fingerprint density at radius 3 is 1.45 bits per heavy atom. The molecule has 0 radical (unpaired) electrons. The number of aryl methyl sites for hydroxylation is 4. The van der Waals surface area contributed by atoms with Crippen LogP contribution in [0.2, 0.25) is 9.26 Å². The molecule has 0 bridgehead atoms. The minimum atomic E-state index is -3.64. The third-order valence-corrected chi connectivity index (χ3v) is 28.5. The number of allylic oxidation sites excluding steroid dienone is 2. The summed E-state index contributed by atoms with van der Waals surface area (Å²) >= 11 is -3.64. The second-order valence-corrected chi connectivity index (χ2v) is 45.8. The van der Waals surface area contributed by atoms with Crippen molar-refractivity contribution in [2.45, 2.75) is 90.2 Å². The van der Waals surface area contributed by atoms with Gasteiger partial charge in [-0.25, -0.2) is 0 Å². The van der Waals surface area contributed by atoms with E-state index in [1.807, 2.05) is 0 Å². The fourth-order valence-electron chi connectivity index (χ4n) is 9.08.